The van der Waals surface area contributed by atoms with Crippen LogP contribution in [-0.4, -0.2) is 6.29 Å². The average molecular weight is 158 g/mol. The van der Waals surface area contributed by atoms with Crippen LogP contribution in [0.2, 0.25) is 0 Å². The van der Waals surface area contributed by atoms with E-state index in [0.717, 1.165) is 12.7 Å². The highest BCUT2D eigenvalue weighted by Crippen LogP contribution is 1.95. The second-order valence-corrected chi connectivity index (χ2v) is 2.66. The van der Waals surface area contributed by atoms with E-state index in [4.69, 9.17) is 0 Å². The van der Waals surface area contributed by atoms with E-state index >= 15 is 0 Å². The van der Waals surface area contributed by atoms with Crippen molar-refractivity contribution < 1.29 is 4.79 Å². The van der Waals surface area contributed by atoms with Crippen LogP contribution in [0.5, 0.6) is 0 Å². The topological polar surface area (TPSA) is 17.1 Å². The largest absolute Gasteiger partial charge is 0.303 e. The van der Waals surface area contributed by atoms with E-state index in [1.807, 2.05) is 6.92 Å². The zero-order valence-electron chi connectivity index (χ0n) is 8.23. The van der Waals surface area contributed by atoms with Crippen molar-refractivity contribution in [3.8, 4) is 0 Å². The van der Waals surface area contributed by atoms with Crippen LogP contribution in [0.15, 0.2) is 0 Å². The molecule has 0 N–H and O–H groups in total. The van der Waals surface area contributed by atoms with Gasteiger partial charge in [-0.25, -0.2) is 0 Å². The SMILES string of the molecule is CCCC=O.CCCCCC. The molecule has 0 aromatic carbocycles. The fourth-order valence-electron chi connectivity index (χ4n) is 0.618. The lowest BCUT2D eigenvalue weighted by Gasteiger charge is -1.86. The van der Waals surface area contributed by atoms with Crippen LogP contribution in [0.4, 0.5) is 0 Å². The van der Waals surface area contributed by atoms with Gasteiger partial charge >= 0.3 is 0 Å². The predicted molar refractivity (Wildman–Crippen MR) is 50.8 cm³/mol. The molecule has 0 aliphatic rings. The first kappa shape index (κ1) is 13.3. The molecule has 0 bridgehead atoms. The molecule has 0 aromatic heterocycles. The summed E-state index contributed by atoms with van der Waals surface area (Å²) in [6.45, 7) is 6.44. The number of carbonyl (C=O) groups excluding carboxylic acids is 1. The third kappa shape index (κ3) is 26.1. The molecule has 0 aromatic rings. The van der Waals surface area contributed by atoms with Gasteiger partial charge in [0.2, 0.25) is 0 Å². The van der Waals surface area contributed by atoms with Gasteiger partial charge in [0.1, 0.15) is 6.29 Å². The normalized spacial score (nSPS) is 8.27. The van der Waals surface area contributed by atoms with Crippen LogP contribution in [0, 0.1) is 0 Å². The van der Waals surface area contributed by atoms with Crippen LogP contribution in [0.1, 0.15) is 59.3 Å². The second-order valence-electron chi connectivity index (χ2n) is 2.66. The Morgan fingerprint density at radius 2 is 1.36 bits per heavy atom. The van der Waals surface area contributed by atoms with Gasteiger partial charge in [-0.15, -0.1) is 0 Å². The van der Waals surface area contributed by atoms with E-state index in [0.29, 0.717) is 6.42 Å². The van der Waals surface area contributed by atoms with Gasteiger partial charge in [0.25, 0.3) is 0 Å². The van der Waals surface area contributed by atoms with Gasteiger partial charge in [-0.1, -0.05) is 46.5 Å². The minimum Gasteiger partial charge on any atom is -0.303 e. The fourth-order valence-corrected chi connectivity index (χ4v) is 0.618. The molecule has 0 aliphatic carbocycles. The molecular weight excluding hydrogens is 136 g/mol. The molecule has 0 spiro atoms. The van der Waals surface area contributed by atoms with Gasteiger partial charge in [0.15, 0.2) is 0 Å². The van der Waals surface area contributed by atoms with Crippen molar-refractivity contribution in [2.75, 3.05) is 0 Å². The number of hydrogen-bond acceptors (Lipinski definition) is 1. The maximum atomic E-state index is 9.40. The first-order chi connectivity index (χ1) is 5.33. The molecule has 1 nitrogen and oxygen atoms in total. The summed E-state index contributed by atoms with van der Waals surface area (Å²) in [5, 5.41) is 0. The van der Waals surface area contributed by atoms with Gasteiger partial charge in [-0.2, -0.15) is 0 Å². The molecule has 0 amide bonds. The maximum absolute atomic E-state index is 9.40. The summed E-state index contributed by atoms with van der Waals surface area (Å²) in [7, 11) is 0. The third-order valence-electron chi connectivity index (χ3n) is 1.36. The molecule has 0 saturated heterocycles. The van der Waals surface area contributed by atoms with E-state index in [1.54, 1.807) is 0 Å². The summed E-state index contributed by atoms with van der Waals surface area (Å²) >= 11 is 0. The standard InChI is InChI=1S/C6H14.C4H8O/c1-3-5-6-4-2;1-2-3-4-5/h3-6H2,1-2H3;4H,2-3H2,1H3. The van der Waals surface area contributed by atoms with Gasteiger partial charge in [0, 0.05) is 6.42 Å². The highest BCUT2D eigenvalue weighted by atomic mass is 16.1. The van der Waals surface area contributed by atoms with Crippen molar-refractivity contribution in [3.05, 3.63) is 0 Å². The molecule has 0 radical (unpaired) electrons. The number of hydrogen-bond donors (Lipinski definition) is 0. The molecule has 0 saturated carbocycles. The Kier molecular flexibility index (Phi) is 19.7. The molecule has 0 heterocycles. The number of carbonyl (C=O) groups is 1. The van der Waals surface area contributed by atoms with Crippen LogP contribution >= 0.6 is 0 Å². The van der Waals surface area contributed by atoms with Crippen molar-refractivity contribution in [2.24, 2.45) is 0 Å². The van der Waals surface area contributed by atoms with Crippen LogP contribution < -0.4 is 0 Å². The van der Waals surface area contributed by atoms with E-state index < -0.39 is 0 Å². The summed E-state index contributed by atoms with van der Waals surface area (Å²) in [5.41, 5.74) is 0. The molecule has 0 unspecified atom stereocenters. The van der Waals surface area contributed by atoms with Gasteiger partial charge < -0.3 is 4.79 Å². The van der Waals surface area contributed by atoms with Crippen molar-refractivity contribution in [1.29, 1.82) is 0 Å². The molecule has 0 aliphatic heterocycles. The number of rotatable bonds is 5. The lowest BCUT2D eigenvalue weighted by molar-refractivity contribution is -0.107. The lowest BCUT2D eigenvalue weighted by Crippen LogP contribution is -1.66. The Hall–Kier alpha value is -0.330. The lowest BCUT2D eigenvalue weighted by atomic mass is 10.2. The molecule has 0 atom stereocenters. The summed E-state index contributed by atoms with van der Waals surface area (Å²) in [6, 6.07) is 0. The minimum absolute atomic E-state index is 0.708. The summed E-state index contributed by atoms with van der Waals surface area (Å²) in [5.74, 6) is 0. The van der Waals surface area contributed by atoms with Crippen LogP contribution in [0.25, 0.3) is 0 Å². The molecule has 1 heteroatoms. The summed E-state index contributed by atoms with van der Waals surface area (Å²) in [6.07, 6.45) is 8.15. The van der Waals surface area contributed by atoms with Crippen molar-refractivity contribution >= 4 is 6.29 Å². The molecule has 68 valence electrons. The van der Waals surface area contributed by atoms with Crippen LogP contribution in [-0.2, 0) is 4.79 Å². The Morgan fingerprint density at radius 1 is 0.909 bits per heavy atom. The zero-order valence-corrected chi connectivity index (χ0v) is 8.23. The second kappa shape index (κ2) is 16.3. The van der Waals surface area contributed by atoms with Crippen molar-refractivity contribution in [2.45, 2.75) is 59.3 Å². The first-order valence-corrected chi connectivity index (χ1v) is 4.77. The zero-order chi connectivity index (χ0) is 8.95. The fraction of sp³-hybridized carbons (Fsp3) is 0.900. The molecular formula is C10H22O. The number of unbranched alkanes of at least 4 members (excludes halogenated alkanes) is 4. The molecule has 0 fully saturated rings. The molecule has 0 rings (SSSR count). The average Bonchev–Trinajstić information content (AvgIpc) is 2.04. The number of aldehydes is 1. The predicted octanol–water partition coefficient (Wildman–Crippen LogP) is 3.57. The van der Waals surface area contributed by atoms with Gasteiger partial charge in [-0.3, -0.25) is 0 Å². The highest BCUT2D eigenvalue weighted by molar-refractivity contribution is 5.48. The molecule has 11 heavy (non-hydrogen) atoms. The Labute approximate surface area is 71.2 Å². The van der Waals surface area contributed by atoms with E-state index in [9.17, 15) is 4.79 Å². The Balaban J connectivity index is 0. The van der Waals surface area contributed by atoms with Crippen molar-refractivity contribution in [1.82, 2.24) is 0 Å². The monoisotopic (exact) mass is 158 g/mol. The minimum atomic E-state index is 0.708. The third-order valence-corrected chi connectivity index (χ3v) is 1.36. The smallest absolute Gasteiger partial charge is 0.119 e. The van der Waals surface area contributed by atoms with E-state index in [-0.39, 0.29) is 0 Å². The van der Waals surface area contributed by atoms with Gasteiger partial charge in [-0.05, 0) is 6.42 Å². The van der Waals surface area contributed by atoms with Crippen molar-refractivity contribution in [3.63, 3.8) is 0 Å². The summed E-state index contributed by atoms with van der Waals surface area (Å²) < 4.78 is 0. The van der Waals surface area contributed by atoms with Gasteiger partial charge in [0.05, 0.1) is 0 Å². The Bertz CT molecular complexity index is 55.9. The highest BCUT2D eigenvalue weighted by Gasteiger charge is 1.75. The van der Waals surface area contributed by atoms with E-state index in [2.05, 4.69) is 13.8 Å². The Morgan fingerprint density at radius 3 is 1.45 bits per heavy atom. The van der Waals surface area contributed by atoms with Crippen LogP contribution in [0.3, 0.4) is 0 Å². The van der Waals surface area contributed by atoms with E-state index in [1.165, 1.54) is 25.7 Å². The summed E-state index contributed by atoms with van der Waals surface area (Å²) in [4.78, 5) is 9.40. The maximum Gasteiger partial charge on any atom is 0.119 e. The first-order valence-electron chi connectivity index (χ1n) is 4.77. The quantitative estimate of drug-likeness (QED) is 0.441.